The molecule has 0 saturated heterocycles. The fourth-order valence-electron chi connectivity index (χ4n) is 3.97. The second-order valence-corrected chi connectivity index (χ2v) is 8.58. The molecular weight excluding hydrogens is 362 g/mol. The van der Waals surface area contributed by atoms with Crippen LogP contribution in [0.5, 0.6) is 5.75 Å². The molecule has 0 aliphatic heterocycles. The largest absolute Gasteiger partial charge is 0.493 e. The van der Waals surface area contributed by atoms with Gasteiger partial charge in [0.2, 0.25) is 0 Å². The normalized spacial score (nSPS) is 12.0. The number of anilines is 1. The summed E-state index contributed by atoms with van der Waals surface area (Å²) < 4.78 is 12.0. The number of carbonyl (C=O) groups is 1. The molecule has 0 radical (unpaired) electrons. The number of hydrogen-bond acceptors (Lipinski definition) is 3. The van der Waals surface area contributed by atoms with Crippen LogP contribution in [0.2, 0.25) is 0 Å². The van der Waals surface area contributed by atoms with Gasteiger partial charge in [-0.3, -0.25) is 4.79 Å². The van der Waals surface area contributed by atoms with Gasteiger partial charge in [0, 0.05) is 23.1 Å². The first-order valence-corrected chi connectivity index (χ1v) is 10.9. The molecule has 0 fully saturated rings. The Hall–Kier alpha value is -2.07. The molecule has 0 saturated carbocycles. The predicted octanol–water partition coefficient (Wildman–Crippen LogP) is 6.43. The van der Waals surface area contributed by atoms with Crippen molar-refractivity contribution in [2.75, 3.05) is 18.5 Å². The van der Waals surface area contributed by atoms with Gasteiger partial charge in [-0.25, -0.2) is 0 Å². The van der Waals surface area contributed by atoms with Crippen LogP contribution in [-0.2, 0) is 9.53 Å². The molecule has 4 heteroatoms. The topological polar surface area (TPSA) is 47.6 Å². The summed E-state index contributed by atoms with van der Waals surface area (Å²) >= 11 is 0. The van der Waals surface area contributed by atoms with Crippen LogP contribution in [0.1, 0.15) is 60.8 Å². The van der Waals surface area contributed by atoms with E-state index in [1.54, 1.807) is 0 Å². The lowest BCUT2D eigenvalue weighted by Gasteiger charge is -2.35. The van der Waals surface area contributed by atoms with Crippen LogP contribution in [0, 0.1) is 11.8 Å². The minimum Gasteiger partial charge on any atom is -0.493 e. The smallest absolute Gasteiger partial charge is 0.256 e. The molecule has 0 aliphatic rings. The summed E-state index contributed by atoms with van der Waals surface area (Å²) in [7, 11) is 0. The summed E-state index contributed by atoms with van der Waals surface area (Å²) in [5, 5.41) is 5.17. The van der Waals surface area contributed by atoms with E-state index in [4.69, 9.17) is 9.47 Å². The average Bonchev–Trinajstić information content (AvgIpc) is 2.67. The summed E-state index contributed by atoms with van der Waals surface area (Å²) in [4.78, 5) is 13.6. The van der Waals surface area contributed by atoms with Crippen molar-refractivity contribution in [1.29, 1.82) is 0 Å². The quantitative estimate of drug-likeness (QED) is 0.473. The molecule has 29 heavy (non-hydrogen) atoms. The minimum absolute atomic E-state index is 0.0531. The lowest BCUT2D eigenvalue weighted by atomic mass is 9.83. The van der Waals surface area contributed by atoms with E-state index >= 15 is 0 Å². The molecule has 2 aromatic carbocycles. The predicted molar refractivity (Wildman–Crippen MR) is 122 cm³/mol. The van der Waals surface area contributed by atoms with Crippen LogP contribution in [0.4, 0.5) is 5.69 Å². The van der Waals surface area contributed by atoms with E-state index in [1.807, 2.05) is 43.3 Å². The molecule has 1 N–H and O–H groups in total. The van der Waals surface area contributed by atoms with E-state index < -0.39 is 5.60 Å². The molecule has 2 aromatic rings. The molecule has 2 rings (SSSR count). The zero-order chi connectivity index (χ0) is 21.4. The number of rotatable bonds is 11. The molecule has 0 spiro atoms. The number of amides is 1. The van der Waals surface area contributed by atoms with Crippen LogP contribution in [-0.4, -0.2) is 24.7 Å². The van der Waals surface area contributed by atoms with Gasteiger partial charge >= 0.3 is 0 Å². The number of hydrogen-bond donors (Lipinski definition) is 1. The van der Waals surface area contributed by atoms with Crippen molar-refractivity contribution >= 4 is 22.4 Å². The Morgan fingerprint density at radius 1 is 0.966 bits per heavy atom. The third-order valence-electron chi connectivity index (χ3n) is 4.90. The van der Waals surface area contributed by atoms with Crippen molar-refractivity contribution in [1.82, 2.24) is 0 Å². The minimum atomic E-state index is -0.821. The molecule has 1 amide bonds. The molecule has 4 nitrogen and oxygen atoms in total. The number of carbonyl (C=O) groups excluding carboxylic acids is 1. The molecule has 0 bridgehead atoms. The fourth-order valence-corrected chi connectivity index (χ4v) is 3.97. The Morgan fingerprint density at radius 3 is 2.14 bits per heavy atom. The van der Waals surface area contributed by atoms with Crippen molar-refractivity contribution in [3.8, 4) is 5.75 Å². The second kappa shape index (κ2) is 10.6. The van der Waals surface area contributed by atoms with Gasteiger partial charge in [0.1, 0.15) is 11.4 Å². The summed E-state index contributed by atoms with van der Waals surface area (Å²) in [5.41, 5.74) is -0.0241. The van der Waals surface area contributed by atoms with E-state index in [-0.39, 0.29) is 5.91 Å². The molecule has 0 aromatic heterocycles. The first kappa shape index (κ1) is 23.2. The van der Waals surface area contributed by atoms with E-state index in [0.29, 0.717) is 37.9 Å². The number of benzene rings is 2. The van der Waals surface area contributed by atoms with Gasteiger partial charge in [-0.1, -0.05) is 58.9 Å². The van der Waals surface area contributed by atoms with Gasteiger partial charge in [-0.05, 0) is 50.2 Å². The molecule has 0 unspecified atom stereocenters. The van der Waals surface area contributed by atoms with Gasteiger partial charge < -0.3 is 14.8 Å². The highest BCUT2D eigenvalue weighted by Crippen LogP contribution is 2.35. The molecule has 0 heterocycles. The maximum atomic E-state index is 13.6. The maximum Gasteiger partial charge on any atom is 0.256 e. The summed E-state index contributed by atoms with van der Waals surface area (Å²) in [5.74, 6) is 1.49. The SMILES string of the molecule is CCCOC(CC(C)C)(CC(C)C)C(=O)Nc1ccc(OCC)c2ccccc12. The Labute approximate surface area is 176 Å². The van der Waals surface area contributed by atoms with E-state index in [0.717, 1.165) is 28.6 Å². The average molecular weight is 400 g/mol. The zero-order valence-electron chi connectivity index (χ0n) is 18.9. The van der Waals surface area contributed by atoms with E-state index in [2.05, 4.69) is 39.9 Å². The van der Waals surface area contributed by atoms with Crippen molar-refractivity contribution in [2.45, 2.75) is 66.4 Å². The van der Waals surface area contributed by atoms with Gasteiger partial charge in [0.05, 0.1) is 6.61 Å². The van der Waals surface area contributed by atoms with Crippen LogP contribution in [0.15, 0.2) is 36.4 Å². The summed E-state index contributed by atoms with van der Waals surface area (Å²) in [6, 6.07) is 11.9. The lowest BCUT2D eigenvalue weighted by molar-refractivity contribution is -0.147. The number of ether oxygens (including phenoxy) is 2. The fraction of sp³-hybridized carbons (Fsp3) is 0.560. The highest BCUT2D eigenvalue weighted by molar-refractivity contribution is 6.06. The third-order valence-corrected chi connectivity index (χ3v) is 4.90. The van der Waals surface area contributed by atoms with Crippen molar-refractivity contribution in [3.63, 3.8) is 0 Å². The highest BCUT2D eigenvalue weighted by Gasteiger charge is 2.40. The Balaban J connectivity index is 2.43. The maximum absolute atomic E-state index is 13.6. The second-order valence-electron chi connectivity index (χ2n) is 8.58. The summed E-state index contributed by atoms with van der Waals surface area (Å²) in [6.07, 6.45) is 2.29. The van der Waals surface area contributed by atoms with Gasteiger partial charge in [0.15, 0.2) is 0 Å². The van der Waals surface area contributed by atoms with E-state index in [9.17, 15) is 4.79 Å². The van der Waals surface area contributed by atoms with Crippen LogP contribution in [0.25, 0.3) is 10.8 Å². The Kier molecular flexibility index (Phi) is 8.51. The van der Waals surface area contributed by atoms with Gasteiger partial charge in [-0.15, -0.1) is 0 Å². The van der Waals surface area contributed by atoms with Crippen LogP contribution < -0.4 is 10.1 Å². The third kappa shape index (κ3) is 5.96. The zero-order valence-corrected chi connectivity index (χ0v) is 18.9. The Bertz CT molecular complexity index is 788. The van der Waals surface area contributed by atoms with Gasteiger partial charge in [0.25, 0.3) is 5.91 Å². The molecule has 0 atom stereocenters. The van der Waals surface area contributed by atoms with Crippen molar-refractivity contribution < 1.29 is 14.3 Å². The molecule has 0 aliphatic carbocycles. The molecule has 160 valence electrons. The highest BCUT2D eigenvalue weighted by atomic mass is 16.5. The lowest BCUT2D eigenvalue weighted by Crippen LogP contribution is -2.48. The monoisotopic (exact) mass is 399 g/mol. The summed E-state index contributed by atoms with van der Waals surface area (Å²) in [6.45, 7) is 13.8. The van der Waals surface area contributed by atoms with Crippen molar-refractivity contribution in [2.24, 2.45) is 11.8 Å². The number of fused-ring (bicyclic) bond motifs is 1. The van der Waals surface area contributed by atoms with Gasteiger partial charge in [-0.2, -0.15) is 0 Å². The van der Waals surface area contributed by atoms with Crippen LogP contribution >= 0.6 is 0 Å². The number of nitrogens with one attached hydrogen (secondary N) is 1. The first-order valence-electron chi connectivity index (χ1n) is 10.9. The first-order chi connectivity index (χ1) is 13.8. The van der Waals surface area contributed by atoms with Crippen molar-refractivity contribution in [3.05, 3.63) is 36.4 Å². The molecular formula is C25H37NO3. The Morgan fingerprint density at radius 2 is 1.59 bits per heavy atom. The standard InChI is InChI=1S/C25H37NO3/c1-7-15-29-25(16-18(3)4,17-19(5)6)24(27)26-22-13-14-23(28-8-2)21-12-10-9-11-20(21)22/h9-14,18-19H,7-8,15-17H2,1-6H3,(H,26,27). The van der Waals surface area contributed by atoms with E-state index in [1.165, 1.54) is 0 Å². The van der Waals surface area contributed by atoms with Crippen LogP contribution in [0.3, 0.4) is 0 Å².